The van der Waals surface area contributed by atoms with E-state index in [0.29, 0.717) is 18.5 Å². The van der Waals surface area contributed by atoms with Gasteiger partial charge < -0.3 is 5.32 Å². The van der Waals surface area contributed by atoms with Gasteiger partial charge in [0.25, 0.3) is 5.56 Å². The number of aromatic nitrogens is 2. The molecule has 5 nitrogen and oxygen atoms in total. The zero-order valence-electron chi connectivity index (χ0n) is 15.1. The summed E-state index contributed by atoms with van der Waals surface area (Å²) in [7, 11) is 0. The minimum absolute atomic E-state index is 0.0657. The van der Waals surface area contributed by atoms with Crippen molar-refractivity contribution in [2.45, 2.75) is 32.7 Å². The Bertz CT molecular complexity index is 964. The van der Waals surface area contributed by atoms with Crippen molar-refractivity contribution in [1.29, 1.82) is 0 Å². The lowest BCUT2D eigenvalue weighted by Gasteiger charge is -2.13. The summed E-state index contributed by atoms with van der Waals surface area (Å²) < 4.78 is 1.50. The van der Waals surface area contributed by atoms with Gasteiger partial charge in [-0.1, -0.05) is 49.4 Å². The van der Waals surface area contributed by atoms with Gasteiger partial charge in [-0.3, -0.25) is 14.2 Å². The Labute approximate surface area is 152 Å². The summed E-state index contributed by atoms with van der Waals surface area (Å²) >= 11 is 0. The molecule has 1 amide bonds. The Morgan fingerprint density at radius 2 is 1.92 bits per heavy atom. The fourth-order valence-corrected chi connectivity index (χ4v) is 2.97. The minimum atomic E-state index is -0.107. The summed E-state index contributed by atoms with van der Waals surface area (Å²) in [6, 6.07) is 15.6. The SMILES string of the molecule is Cc1cccc2c(=O)n(CCC(=O)NCC(C)c3ccccc3)cnc12. The molecule has 0 aliphatic carbocycles. The quantitative estimate of drug-likeness (QED) is 0.744. The number of fused-ring (bicyclic) bond motifs is 1. The number of carbonyl (C=O) groups is 1. The highest BCUT2D eigenvalue weighted by atomic mass is 16.1. The van der Waals surface area contributed by atoms with Gasteiger partial charge in [0.2, 0.25) is 5.91 Å². The molecule has 0 bridgehead atoms. The van der Waals surface area contributed by atoms with E-state index in [2.05, 4.69) is 29.4 Å². The number of aryl methyl sites for hydroxylation is 2. The number of amides is 1. The standard InChI is InChI=1S/C21H23N3O2/c1-15-7-6-10-18-20(15)23-14-24(21(18)26)12-11-19(25)22-13-16(2)17-8-4-3-5-9-17/h3-10,14,16H,11-13H2,1-2H3,(H,22,25). The van der Waals surface area contributed by atoms with Crippen LogP contribution in [0.1, 0.15) is 30.4 Å². The first-order valence-electron chi connectivity index (χ1n) is 8.82. The number of benzene rings is 2. The van der Waals surface area contributed by atoms with E-state index in [-0.39, 0.29) is 23.8 Å². The third-order valence-corrected chi connectivity index (χ3v) is 4.61. The molecule has 0 aliphatic rings. The Morgan fingerprint density at radius 1 is 1.15 bits per heavy atom. The zero-order valence-corrected chi connectivity index (χ0v) is 15.1. The van der Waals surface area contributed by atoms with Crippen molar-refractivity contribution in [1.82, 2.24) is 14.9 Å². The van der Waals surface area contributed by atoms with Gasteiger partial charge in [0, 0.05) is 19.5 Å². The van der Waals surface area contributed by atoms with Gasteiger partial charge in [-0.05, 0) is 30.0 Å². The van der Waals surface area contributed by atoms with Crippen LogP contribution in [0.3, 0.4) is 0 Å². The first kappa shape index (κ1) is 17.9. The largest absolute Gasteiger partial charge is 0.355 e. The molecule has 26 heavy (non-hydrogen) atoms. The van der Waals surface area contributed by atoms with Crippen LogP contribution < -0.4 is 10.9 Å². The van der Waals surface area contributed by atoms with E-state index in [1.165, 1.54) is 16.5 Å². The molecule has 3 aromatic rings. The van der Waals surface area contributed by atoms with Crippen molar-refractivity contribution >= 4 is 16.8 Å². The second-order valence-corrected chi connectivity index (χ2v) is 6.58. The third-order valence-electron chi connectivity index (χ3n) is 4.61. The van der Waals surface area contributed by atoms with Gasteiger partial charge in [0.1, 0.15) is 0 Å². The molecule has 0 aliphatic heterocycles. The fraction of sp³-hybridized carbons (Fsp3) is 0.286. The molecule has 2 aromatic carbocycles. The van der Waals surface area contributed by atoms with E-state index in [4.69, 9.17) is 0 Å². The third kappa shape index (κ3) is 3.99. The molecule has 0 saturated heterocycles. The van der Waals surface area contributed by atoms with Crippen LogP contribution >= 0.6 is 0 Å². The van der Waals surface area contributed by atoms with Gasteiger partial charge in [-0.25, -0.2) is 4.98 Å². The summed E-state index contributed by atoms with van der Waals surface area (Å²) in [6.07, 6.45) is 1.78. The van der Waals surface area contributed by atoms with E-state index >= 15 is 0 Å². The summed E-state index contributed by atoms with van der Waals surface area (Å²) in [6.45, 7) is 4.91. The first-order chi connectivity index (χ1) is 12.6. The average molecular weight is 349 g/mol. The summed E-state index contributed by atoms with van der Waals surface area (Å²) in [4.78, 5) is 29.0. The summed E-state index contributed by atoms with van der Waals surface area (Å²) in [5, 5.41) is 3.53. The monoisotopic (exact) mass is 349 g/mol. The number of hydrogen-bond donors (Lipinski definition) is 1. The molecule has 1 N–H and O–H groups in total. The van der Waals surface area contributed by atoms with Gasteiger partial charge in [0.05, 0.1) is 17.2 Å². The molecule has 1 atom stereocenters. The molecule has 0 saturated carbocycles. The second-order valence-electron chi connectivity index (χ2n) is 6.58. The number of nitrogens with one attached hydrogen (secondary N) is 1. The number of hydrogen-bond acceptors (Lipinski definition) is 3. The molecule has 0 radical (unpaired) electrons. The van der Waals surface area contributed by atoms with Crippen molar-refractivity contribution in [2.24, 2.45) is 0 Å². The predicted octanol–water partition coefficient (Wildman–Crippen LogP) is 3.01. The Kier molecular flexibility index (Phi) is 5.46. The maximum atomic E-state index is 12.5. The highest BCUT2D eigenvalue weighted by Gasteiger charge is 2.10. The van der Waals surface area contributed by atoms with Crippen LogP contribution in [0, 0.1) is 6.92 Å². The first-order valence-corrected chi connectivity index (χ1v) is 8.82. The van der Waals surface area contributed by atoms with Crippen LogP contribution in [0.15, 0.2) is 59.7 Å². The van der Waals surface area contributed by atoms with Gasteiger partial charge in [-0.2, -0.15) is 0 Å². The maximum absolute atomic E-state index is 12.5. The van der Waals surface area contributed by atoms with Crippen LogP contribution in [-0.2, 0) is 11.3 Å². The normalized spacial score (nSPS) is 12.1. The predicted molar refractivity (Wildman–Crippen MR) is 103 cm³/mol. The Morgan fingerprint density at radius 3 is 2.69 bits per heavy atom. The van der Waals surface area contributed by atoms with E-state index in [9.17, 15) is 9.59 Å². The minimum Gasteiger partial charge on any atom is -0.355 e. The van der Waals surface area contributed by atoms with Crippen LogP contribution in [0.2, 0.25) is 0 Å². The van der Waals surface area contributed by atoms with E-state index in [1.807, 2.05) is 37.3 Å². The Balaban J connectivity index is 1.59. The van der Waals surface area contributed by atoms with Gasteiger partial charge in [0.15, 0.2) is 0 Å². The molecule has 1 aromatic heterocycles. The van der Waals surface area contributed by atoms with Gasteiger partial charge in [-0.15, -0.1) is 0 Å². The number of para-hydroxylation sites is 1. The number of rotatable bonds is 6. The highest BCUT2D eigenvalue weighted by molar-refractivity contribution is 5.80. The van der Waals surface area contributed by atoms with Crippen LogP contribution in [-0.4, -0.2) is 22.0 Å². The molecule has 134 valence electrons. The molecule has 1 unspecified atom stereocenters. The Hall–Kier alpha value is -2.95. The lowest BCUT2D eigenvalue weighted by Crippen LogP contribution is -2.30. The van der Waals surface area contributed by atoms with Crippen LogP contribution in [0.25, 0.3) is 10.9 Å². The van der Waals surface area contributed by atoms with Crippen LogP contribution in [0.4, 0.5) is 0 Å². The molecule has 1 heterocycles. The van der Waals surface area contributed by atoms with E-state index in [0.717, 1.165) is 11.1 Å². The number of nitrogens with zero attached hydrogens (tertiary/aromatic N) is 2. The molecule has 5 heteroatoms. The summed E-state index contributed by atoms with van der Waals surface area (Å²) in [5.41, 5.74) is 2.77. The second kappa shape index (κ2) is 7.95. The molecular weight excluding hydrogens is 326 g/mol. The molecule has 0 fully saturated rings. The highest BCUT2D eigenvalue weighted by Crippen LogP contribution is 2.13. The van der Waals surface area contributed by atoms with Crippen molar-refractivity contribution in [3.63, 3.8) is 0 Å². The molecule has 3 rings (SSSR count). The topological polar surface area (TPSA) is 64.0 Å². The van der Waals surface area contributed by atoms with Crippen LogP contribution in [0.5, 0.6) is 0 Å². The lowest BCUT2D eigenvalue weighted by molar-refractivity contribution is -0.121. The van der Waals surface area contributed by atoms with Crippen molar-refractivity contribution < 1.29 is 4.79 Å². The summed E-state index contributed by atoms with van der Waals surface area (Å²) in [5.74, 6) is 0.178. The molecular formula is C21H23N3O2. The zero-order chi connectivity index (χ0) is 18.5. The number of carbonyl (C=O) groups excluding carboxylic acids is 1. The van der Waals surface area contributed by atoms with E-state index < -0.39 is 0 Å². The fourth-order valence-electron chi connectivity index (χ4n) is 2.97. The maximum Gasteiger partial charge on any atom is 0.261 e. The van der Waals surface area contributed by atoms with Crippen molar-refractivity contribution in [2.75, 3.05) is 6.54 Å². The lowest BCUT2D eigenvalue weighted by atomic mass is 10.0. The smallest absolute Gasteiger partial charge is 0.261 e. The van der Waals surface area contributed by atoms with Gasteiger partial charge >= 0.3 is 0 Å². The van der Waals surface area contributed by atoms with E-state index in [1.54, 1.807) is 6.07 Å². The molecule has 0 spiro atoms. The average Bonchev–Trinajstić information content (AvgIpc) is 2.67. The van der Waals surface area contributed by atoms with Crippen molar-refractivity contribution in [3.8, 4) is 0 Å². The van der Waals surface area contributed by atoms with Crippen molar-refractivity contribution in [3.05, 3.63) is 76.3 Å².